The molecule has 1 rings (SSSR count). The molecule has 1 fully saturated rings. The summed E-state index contributed by atoms with van der Waals surface area (Å²) in [5.41, 5.74) is -1.22. The van der Waals surface area contributed by atoms with E-state index in [1.807, 2.05) is 0 Å². The van der Waals surface area contributed by atoms with Crippen LogP contribution in [0.25, 0.3) is 0 Å². The molecule has 0 aromatic heterocycles. The van der Waals surface area contributed by atoms with Crippen LogP contribution in [0.3, 0.4) is 0 Å². The van der Waals surface area contributed by atoms with Gasteiger partial charge in [0.15, 0.2) is 0 Å². The molecule has 8 nitrogen and oxygen atoms in total. The molecule has 0 saturated carbocycles. The van der Waals surface area contributed by atoms with Crippen LogP contribution in [-0.4, -0.2) is 77.8 Å². The van der Waals surface area contributed by atoms with Crippen LogP contribution in [0.2, 0.25) is 0 Å². The summed E-state index contributed by atoms with van der Waals surface area (Å²) in [5.74, 6) is -0.924. The second-order valence-corrected chi connectivity index (χ2v) is 6.45. The first-order valence-electron chi connectivity index (χ1n) is 7.31. The Bertz CT molecular complexity index is 387. The van der Waals surface area contributed by atoms with Gasteiger partial charge in [-0.1, -0.05) is 0 Å². The smallest absolute Gasteiger partial charge is 0.410 e. The first-order valence-corrected chi connectivity index (χ1v) is 7.31. The van der Waals surface area contributed by atoms with E-state index in [1.54, 1.807) is 20.8 Å². The van der Waals surface area contributed by atoms with Crippen LogP contribution >= 0.6 is 0 Å². The number of aliphatic carboxylic acids is 1. The number of nitrogens with zero attached hydrogens (tertiary/aromatic N) is 1. The predicted octanol–water partition coefficient (Wildman–Crippen LogP) is 0.0491. The fourth-order valence-corrected chi connectivity index (χ4v) is 2.27. The number of carboxylic acids is 1. The van der Waals surface area contributed by atoms with Gasteiger partial charge >= 0.3 is 12.1 Å². The standard InChI is InChI=1S/C14H26N2O6/c1-13(2,3)22-12(20)16-9-14(10-16,8-11(18)19)15-4-6-21-7-5-17/h15,17H,4-10H2,1-3H3,(H,18,19). The summed E-state index contributed by atoms with van der Waals surface area (Å²) in [4.78, 5) is 24.4. The van der Waals surface area contributed by atoms with Crippen molar-refractivity contribution in [2.24, 2.45) is 0 Å². The van der Waals surface area contributed by atoms with Gasteiger partial charge in [0.05, 0.1) is 31.8 Å². The van der Waals surface area contributed by atoms with Crippen LogP contribution in [0.15, 0.2) is 0 Å². The SMILES string of the molecule is CC(C)(C)OC(=O)N1CC(CC(=O)O)(NCCOCCO)C1. The zero-order valence-corrected chi connectivity index (χ0v) is 13.4. The first-order chi connectivity index (χ1) is 10.2. The molecule has 1 aliphatic rings. The van der Waals surface area contributed by atoms with Gasteiger partial charge in [-0.3, -0.25) is 4.79 Å². The van der Waals surface area contributed by atoms with Crippen LogP contribution in [0.4, 0.5) is 4.79 Å². The zero-order chi connectivity index (χ0) is 16.8. The van der Waals surface area contributed by atoms with Crippen molar-refractivity contribution in [1.29, 1.82) is 0 Å². The number of carbonyl (C=O) groups is 2. The molecule has 0 spiro atoms. The number of aliphatic hydroxyl groups excluding tert-OH is 1. The van der Waals surface area contributed by atoms with Gasteiger partial charge in [-0.2, -0.15) is 0 Å². The van der Waals surface area contributed by atoms with Gasteiger partial charge in [0.25, 0.3) is 0 Å². The van der Waals surface area contributed by atoms with E-state index in [0.29, 0.717) is 13.2 Å². The highest BCUT2D eigenvalue weighted by atomic mass is 16.6. The summed E-state index contributed by atoms with van der Waals surface area (Å²) in [6.45, 7) is 6.94. The van der Waals surface area contributed by atoms with Gasteiger partial charge in [-0.25, -0.2) is 4.79 Å². The lowest BCUT2D eigenvalue weighted by molar-refractivity contribution is -0.141. The van der Waals surface area contributed by atoms with Crippen LogP contribution in [0.1, 0.15) is 27.2 Å². The Morgan fingerprint density at radius 1 is 1.27 bits per heavy atom. The molecule has 0 aromatic carbocycles. The molecule has 0 atom stereocenters. The Kier molecular flexibility index (Phi) is 6.58. The maximum Gasteiger partial charge on any atom is 0.410 e. The zero-order valence-electron chi connectivity index (χ0n) is 13.4. The maximum absolute atomic E-state index is 11.9. The number of carbonyl (C=O) groups excluding carboxylic acids is 1. The van der Waals surface area contributed by atoms with Gasteiger partial charge in [-0.05, 0) is 20.8 Å². The minimum atomic E-state index is -0.924. The summed E-state index contributed by atoms with van der Waals surface area (Å²) in [7, 11) is 0. The molecule has 1 amide bonds. The number of aliphatic hydroxyl groups is 1. The minimum absolute atomic E-state index is 0.0489. The van der Waals surface area contributed by atoms with Crippen LogP contribution in [0, 0.1) is 0 Å². The minimum Gasteiger partial charge on any atom is -0.481 e. The van der Waals surface area contributed by atoms with Crippen molar-refractivity contribution in [2.75, 3.05) is 39.5 Å². The number of rotatable bonds is 8. The van der Waals surface area contributed by atoms with Crippen LogP contribution in [0.5, 0.6) is 0 Å². The quantitative estimate of drug-likeness (QED) is 0.543. The fraction of sp³-hybridized carbons (Fsp3) is 0.857. The normalized spacial score (nSPS) is 17.0. The number of carboxylic acid groups (broad SMARTS) is 1. The second-order valence-electron chi connectivity index (χ2n) is 6.45. The van der Waals surface area contributed by atoms with E-state index in [-0.39, 0.29) is 32.7 Å². The molecule has 3 N–H and O–H groups in total. The Balaban J connectivity index is 2.45. The fourth-order valence-electron chi connectivity index (χ4n) is 2.27. The van der Waals surface area contributed by atoms with E-state index in [4.69, 9.17) is 19.7 Å². The molecule has 0 unspecified atom stereocenters. The highest BCUT2D eigenvalue weighted by Gasteiger charge is 2.47. The van der Waals surface area contributed by atoms with E-state index in [1.165, 1.54) is 4.90 Å². The highest BCUT2D eigenvalue weighted by molar-refractivity contribution is 5.73. The Morgan fingerprint density at radius 2 is 1.91 bits per heavy atom. The largest absolute Gasteiger partial charge is 0.481 e. The Labute approximate surface area is 130 Å². The van der Waals surface area contributed by atoms with E-state index < -0.39 is 23.2 Å². The molecule has 1 heterocycles. The van der Waals surface area contributed by atoms with Gasteiger partial charge in [0.2, 0.25) is 0 Å². The van der Waals surface area contributed by atoms with E-state index in [9.17, 15) is 9.59 Å². The average Bonchev–Trinajstić information content (AvgIpc) is 2.31. The molecule has 1 saturated heterocycles. The summed E-state index contributed by atoms with van der Waals surface area (Å²) in [6.07, 6.45) is -0.515. The van der Waals surface area contributed by atoms with Crippen molar-refractivity contribution in [2.45, 2.75) is 38.3 Å². The predicted molar refractivity (Wildman–Crippen MR) is 78.7 cm³/mol. The van der Waals surface area contributed by atoms with Crippen molar-refractivity contribution in [3.63, 3.8) is 0 Å². The van der Waals surface area contributed by atoms with Gasteiger partial charge in [0, 0.05) is 19.6 Å². The third-order valence-corrected chi connectivity index (χ3v) is 3.11. The third kappa shape index (κ3) is 6.17. The monoisotopic (exact) mass is 318 g/mol. The van der Waals surface area contributed by atoms with Crippen molar-refractivity contribution in [3.05, 3.63) is 0 Å². The molecule has 1 aliphatic heterocycles. The second kappa shape index (κ2) is 7.75. The summed E-state index contributed by atoms with van der Waals surface area (Å²) < 4.78 is 10.4. The molecule has 0 radical (unpaired) electrons. The number of hydrogen-bond donors (Lipinski definition) is 3. The molecule has 0 aliphatic carbocycles. The number of ether oxygens (including phenoxy) is 2. The highest BCUT2D eigenvalue weighted by Crippen LogP contribution is 2.26. The van der Waals surface area contributed by atoms with Crippen LogP contribution in [-0.2, 0) is 14.3 Å². The molecule has 128 valence electrons. The topological polar surface area (TPSA) is 108 Å². The van der Waals surface area contributed by atoms with Gasteiger partial charge < -0.3 is 29.9 Å². The summed E-state index contributed by atoms with van der Waals surface area (Å²) in [6, 6.07) is 0. The number of likely N-dealkylation sites (tertiary alicyclic amines) is 1. The lowest BCUT2D eigenvalue weighted by Gasteiger charge is -2.49. The van der Waals surface area contributed by atoms with E-state index in [2.05, 4.69) is 5.32 Å². The number of nitrogens with one attached hydrogen (secondary N) is 1. The van der Waals surface area contributed by atoms with Crippen LogP contribution < -0.4 is 5.32 Å². The lowest BCUT2D eigenvalue weighted by atomic mass is 9.86. The maximum atomic E-state index is 11.9. The van der Waals surface area contributed by atoms with Gasteiger partial charge in [0.1, 0.15) is 5.60 Å². The van der Waals surface area contributed by atoms with Gasteiger partial charge in [-0.15, -0.1) is 0 Å². The van der Waals surface area contributed by atoms with Crippen molar-refractivity contribution < 1.29 is 29.3 Å². The van der Waals surface area contributed by atoms with Crippen molar-refractivity contribution in [1.82, 2.24) is 10.2 Å². The molecule has 0 bridgehead atoms. The lowest BCUT2D eigenvalue weighted by Crippen LogP contribution is -2.71. The molecule has 0 aromatic rings. The third-order valence-electron chi connectivity index (χ3n) is 3.11. The first kappa shape index (κ1) is 18.7. The molecule has 8 heteroatoms. The Morgan fingerprint density at radius 3 is 2.41 bits per heavy atom. The summed E-state index contributed by atoms with van der Waals surface area (Å²) in [5, 5.41) is 20.8. The Hall–Kier alpha value is -1.38. The molecular weight excluding hydrogens is 292 g/mol. The van der Waals surface area contributed by atoms with Crippen molar-refractivity contribution in [3.8, 4) is 0 Å². The number of amides is 1. The van der Waals surface area contributed by atoms with Crippen molar-refractivity contribution >= 4 is 12.1 Å². The average molecular weight is 318 g/mol. The summed E-state index contributed by atoms with van der Waals surface area (Å²) >= 11 is 0. The number of hydrogen-bond acceptors (Lipinski definition) is 6. The van der Waals surface area contributed by atoms with E-state index in [0.717, 1.165) is 0 Å². The molecule has 22 heavy (non-hydrogen) atoms. The van der Waals surface area contributed by atoms with E-state index >= 15 is 0 Å². The molecular formula is C14H26N2O6.